The summed E-state index contributed by atoms with van der Waals surface area (Å²) in [7, 11) is 1.93. The van der Waals surface area contributed by atoms with Crippen molar-refractivity contribution in [3.8, 4) is 0 Å². The molecule has 0 amide bonds. The molecule has 17 heavy (non-hydrogen) atoms. The highest BCUT2D eigenvalue weighted by Gasteiger charge is 2.16. The summed E-state index contributed by atoms with van der Waals surface area (Å²) in [5.74, 6) is 0.996. The minimum absolute atomic E-state index is 0.614. The highest BCUT2D eigenvalue weighted by molar-refractivity contribution is 4.83. The van der Waals surface area contributed by atoms with Crippen molar-refractivity contribution in [2.45, 2.75) is 38.8 Å². The van der Waals surface area contributed by atoms with Gasteiger partial charge in [-0.05, 0) is 32.9 Å². The summed E-state index contributed by atoms with van der Waals surface area (Å²) in [6.45, 7) is 6.64. The number of hydrogen-bond donors (Lipinski definition) is 1. The minimum Gasteiger partial charge on any atom is -0.308 e. The van der Waals surface area contributed by atoms with E-state index >= 15 is 0 Å². The van der Waals surface area contributed by atoms with E-state index in [0.717, 1.165) is 18.9 Å². The van der Waals surface area contributed by atoms with E-state index in [4.69, 9.17) is 0 Å². The third kappa shape index (κ3) is 3.51. The first-order valence-corrected chi connectivity index (χ1v) is 6.55. The van der Waals surface area contributed by atoms with Gasteiger partial charge in [0.2, 0.25) is 0 Å². The Kier molecular flexibility index (Phi) is 4.50. The summed E-state index contributed by atoms with van der Waals surface area (Å²) < 4.78 is 1.82. The van der Waals surface area contributed by atoms with Gasteiger partial charge in [0.1, 0.15) is 12.2 Å². The van der Waals surface area contributed by atoms with Crippen molar-refractivity contribution in [3.05, 3.63) is 12.2 Å². The normalized spacial score (nSPS) is 19.4. The molecule has 2 heterocycles. The molecule has 2 rings (SSSR count). The Morgan fingerprint density at radius 3 is 2.76 bits per heavy atom. The van der Waals surface area contributed by atoms with E-state index in [0.29, 0.717) is 6.04 Å². The second kappa shape index (κ2) is 6.12. The average Bonchev–Trinajstić information content (AvgIpc) is 2.76. The fourth-order valence-electron chi connectivity index (χ4n) is 2.36. The maximum absolute atomic E-state index is 4.20. The van der Waals surface area contributed by atoms with Crippen LogP contribution in [0.5, 0.6) is 0 Å². The van der Waals surface area contributed by atoms with Crippen molar-refractivity contribution in [1.29, 1.82) is 0 Å². The number of nitrogens with zero attached hydrogens (tertiary/aromatic N) is 4. The lowest BCUT2D eigenvalue weighted by Crippen LogP contribution is -2.43. The van der Waals surface area contributed by atoms with Crippen molar-refractivity contribution >= 4 is 0 Å². The Morgan fingerprint density at radius 2 is 2.12 bits per heavy atom. The molecule has 0 bridgehead atoms. The van der Waals surface area contributed by atoms with Crippen LogP contribution in [0.2, 0.25) is 0 Å². The second-order valence-corrected chi connectivity index (χ2v) is 4.88. The Bertz CT molecular complexity index is 329. The zero-order chi connectivity index (χ0) is 12.1. The first kappa shape index (κ1) is 12.5. The number of nitrogens with one attached hydrogen (secondary N) is 1. The van der Waals surface area contributed by atoms with Gasteiger partial charge in [-0.15, -0.1) is 0 Å². The van der Waals surface area contributed by atoms with E-state index in [1.807, 2.05) is 11.7 Å². The summed E-state index contributed by atoms with van der Waals surface area (Å²) in [5.41, 5.74) is 0. The molecule has 1 atom stereocenters. The molecule has 1 fully saturated rings. The molecule has 1 N–H and O–H groups in total. The molecule has 0 spiro atoms. The van der Waals surface area contributed by atoms with Gasteiger partial charge in [0.05, 0.1) is 6.54 Å². The van der Waals surface area contributed by atoms with Crippen LogP contribution in [-0.2, 0) is 13.6 Å². The SMILES string of the molecule is CC(CNCc1ncnn1C)N1CCCCC1. The van der Waals surface area contributed by atoms with E-state index in [-0.39, 0.29) is 0 Å². The Morgan fingerprint density at radius 1 is 1.35 bits per heavy atom. The molecular formula is C12H23N5. The first-order valence-electron chi connectivity index (χ1n) is 6.55. The van der Waals surface area contributed by atoms with Gasteiger partial charge < -0.3 is 5.32 Å². The highest BCUT2D eigenvalue weighted by Crippen LogP contribution is 2.11. The Balaban J connectivity index is 1.69. The van der Waals surface area contributed by atoms with Crippen molar-refractivity contribution in [2.24, 2.45) is 7.05 Å². The lowest BCUT2D eigenvalue weighted by atomic mass is 10.1. The van der Waals surface area contributed by atoms with Crippen LogP contribution in [-0.4, -0.2) is 45.3 Å². The van der Waals surface area contributed by atoms with Crippen LogP contribution in [0.15, 0.2) is 6.33 Å². The van der Waals surface area contributed by atoms with Crippen molar-refractivity contribution in [2.75, 3.05) is 19.6 Å². The molecule has 5 heteroatoms. The number of aryl methyl sites for hydroxylation is 1. The lowest BCUT2D eigenvalue weighted by molar-refractivity contribution is 0.170. The largest absolute Gasteiger partial charge is 0.308 e. The molecule has 1 aliphatic rings. The number of piperidine rings is 1. The van der Waals surface area contributed by atoms with Crippen molar-refractivity contribution in [3.63, 3.8) is 0 Å². The third-order valence-corrected chi connectivity index (χ3v) is 3.54. The molecule has 1 aromatic rings. The minimum atomic E-state index is 0.614. The topological polar surface area (TPSA) is 46.0 Å². The predicted molar refractivity (Wildman–Crippen MR) is 67.6 cm³/mol. The maximum Gasteiger partial charge on any atom is 0.140 e. The van der Waals surface area contributed by atoms with Gasteiger partial charge in [-0.25, -0.2) is 4.98 Å². The first-order chi connectivity index (χ1) is 8.27. The number of rotatable bonds is 5. The molecular weight excluding hydrogens is 214 g/mol. The third-order valence-electron chi connectivity index (χ3n) is 3.54. The highest BCUT2D eigenvalue weighted by atomic mass is 15.3. The molecule has 1 saturated heterocycles. The number of likely N-dealkylation sites (tertiary alicyclic amines) is 1. The van der Waals surface area contributed by atoms with E-state index in [9.17, 15) is 0 Å². The summed E-state index contributed by atoms with van der Waals surface area (Å²) >= 11 is 0. The van der Waals surface area contributed by atoms with Crippen LogP contribution in [0.25, 0.3) is 0 Å². The van der Waals surface area contributed by atoms with Gasteiger partial charge in [-0.2, -0.15) is 5.10 Å². The molecule has 0 saturated carbocycles. The molecule has 0 aromatic carbocycles. The zero-order valence-corrected chi connectivity index (χ0v) is 10.9. The van der Waals surface area contributed by atoms with Crippen LogP contribution < -0.4 is 5.32 Å². The molecule has 1 unspecified atom stereocenters. The summed E-state index contributed by atoms with van der Waals surface area (Å²) in [4.78, 5) is 6.78. The molecule has 5 nitrogen and oxygen atoms in total. The molecule has 1 aromatic heterocycles. The summed E-state index contributed by atoms with van der Waals surface area (Å²) in [6, 6.07) is 0.614. The van der Waals surface area contributed by atoms with E-state index in [2.05, 4.69) is 27.2 Å². The second-order valence-electron chi connectivity index (χ2n) is 4.88. The number of aromatic nitrogens is 3. The van der Waals surface area contributed by atoms with E-state index in [1.165, 1.54) is 32.4 Å². The number of hydrogen-bond acceptors (Lipinski definition) is 4. The Labute approximate surface area is 103 Å². The molecule has 96 valence electrons. The predicted octanol–water partition coefficient (Wildman–Crippen LogP) is 0.779. The Hall–Kier alpha value is -0.940. The van der Waals surface area contributed by atoms with E-state index < -0.39 is 0 Å². The van der Waals surface area contributed by atoms with Crippen LogP contribution in [0.4, 0.5) is 0 Å². The van der Waals surface area contributed by atoms with Crippen LogP contribution >= 0.6 is 0 Å². The molecule has 1 aliphatic heterocycles. The quantitative estimate of drug-likeness (QED) is 0.822. The lowest BCUT2D eigenvalue weighted by Gasteiger charge is -2.32. The van der Waals surface area contributed by atoms with Gasteiger partial charge in [0.25, 0.3) is 0 Å². The van der Waals surface area contributed by atoms with Crippen LogP contribution in [0.3, 0.4) is 0 Å². The summed E-state index contributed by atoms with van der Waals surface area (Å²) in [6.07, 6.45) is 5.71. The zero-order valence-electron chi connectivity index (χ0n) is 10.9. The summed E-state index contributed by atoms with van der Waals surface area (Å²) in [5, 5.41) is 7.52. The van der Waals surface area contributed by atoms with Gasteiger partial charge in [0, 0.05) is 19.6 Å². The van der Waals surface area contributed by atoms with Crippen molar-refractivity contribution in [1.82, 2.24) is 25.0 Å². The van der Waals surface area contributed by atoms with Crippen LogP contribution in [0, 0.1) is 0 Å². The van der Waals surface area contributed by atoms with Gasteiger partial charge >= 0.3 is 0 Å². The molecule has 0 aliphatic carbocycles. The van der Waals surface area contributed by atoms with Gasteiger partial charge in [-0.3, -0.25) is 9.58 Å². The average molecular weight is 237 g/mol. The maximum atomic E-state index is 4.20. The van der Waals surface area contributed by atoms with E-state index in [1.54, 1.807) is 6.33 Å². The van der Waals surface area contributed by atoms with Gasteiger partial charge in [-0.1, -0.05) is 6.42 Å². The fourth-order valence-corrected chi connectivity index (χ4v) is 2.36. The smallest absolute Gasteiger partial charge is 0.140 e. The monoisotopic (exact) mass is 237 g/mol. The van der Waals surface area contributed by atoms with Gasteiger partial charge in [0.15, 0.2) is 0 Å². The molecule has 0 radical (unpaired) electrons. The fraction of sp³-hybridized carbons (Fsp3) is 0.833. The standard InChI is InChI=1S/C12H23N5/c1-11(17-6-4-3-5-7-17)8-13-9-12-14-10-15-16(12)2/h10-11,13H,3-9H2,1-2H3. The van der Waals surface area contributed by atoms with Crippen LogP contribution in [0.1, 0.15) is 32.0 Å². The van der Waals surface area contributed by atoms with Crippen molar-refractivity contribution < 1.29 is 0 Å².